The Bertz CT molecular complexity index is 552. The fraction of sp³-hybridized carbons (Fsp3) is 0.444. The summed E-state index contributed by atoms with van der Waals surface area (Å²) in [5.74, 6) is 0. The zero-order valence-electron chi connectivity index (χ0n) is 12.9. The molecule has 2 nitrogen and oxygen atoms in total. The average Bonchev–Trinajstić information content (AvgIpc) is 3.03. The van der Waals surface area contributed by atoms with Gasteiger partial charge in [-0.3, -0.25) is 4.90 Å². The maximum Gasteiger partial charge on any atom is 0.0450 e. The molecule has 0 aliphatic carbocycles. The lowest BCUT2D eigenvalue weighted by molar-refractivity contribution is 0.0422. The van der Waals surface area contributed by atoms with Crippen LogP contribution < -0.4 is 5.32 Å². The SMILES string of the molecule is CCC1(C)CNC(c2ccccc2)CN1Cc1cccs1. The highest BCUT2D eigenvalue weighted by atomic mass is 32.1. The standard InChI is InChI=1S/C18H24N2S/c1-3-18(2)14-19-17(15-8-5-4-6-9-15)13-20(18)12-16-10-7-11-21-16/h4-11,17,19H,3,12-14H2,1-2H3. The summed E-state index contributed by atoms with van der Waals surface area (Å²) in [6.07, 6.45) is 1.17. The van der Waals surface area contributed by atoms with Crippen LogP contribution in [0.1, 0.15) is 36.8 Å². The molecular formula is C18H24N2S. The molecule has 1 fully saturated rings. The van der Waals surface area contributed by atoms with E-state index in [1.807, 2.05) is 11.3 Å². The van der Waals surface area contributed by atoms with Crippen molar-refractivity contribution in [1.29, 1.82) is 0 Å². The van der Waals surface area contributed by atoms with Crippen molar-refractivity contribution >= 4 is 11.3 Å². The summed E-state index contributed by atoms with van der Waals surface area (Å²) in [6, 6.07) is 15.7. The molecule has 0 bridgehead atoms. The van der Waals surface area contributed by atoms with E-state index in [1.165, 1.54) is 16.9 Å². The Morgan fingerprint density at radius 1 is 1.24 bits per heavy atom. The van der Waals surface area contributed by atoms with Crippen molar-refractivity contribution in [1.82, 2.24) is 10.2 Å². The molecule has 1 saturated heterocycles. The van der Waals surface area contributed by atoms with Gasteiger partial charge in [0.1, 0.15) is 0 Å². The third-order valence-electron chi connectivity index (χ3n) is 4.79. The van der Waals surface area contributed by atoms with E-state index in [0.717, 1.165) is 19.6 Å². The van der Waals surface area contributed by atoms with Crippen LogP contribution in [-0.4, -0.2) is 23.5 Å². The van der Waals surface area contributed by atoms with Gasteiger partial charge in [0.05, 0.1) is 0 Å². The van der Waals surface area contributed by atoms with E-state index in [9.17, 15) is 0 Å². The summed E-state index contributed by atoms with van der Waals surface area (Å²) in [5, 5.41) is 5.92. The maximum absolute atomic E-state index is 3.75. The van der Waals surface area contributed by atoms with E-state index in [1.54, 1.807) is 0 Å². The Kier molecular flexibility index (Phi) is 4.43. The monoisotopic (exact) mass is 300 g/mol. The quantitative estimate of drug-likeness (QED) is 0.916. The molecule has 21 heavy (non-hydrogen) atoms. The predicted octanol–water partition coefficient (Wildman–Crippen LogP) is 4.06. The summed E-state index contributed by atoms with van der Waals surface area (Å²) in [6.45, 7) is 7.87. The number of hydrogen-bond acceptors (Lipinski definition) is 3. The number of piperazine rings is 1. The lowest BCUT2D eigenvalue weighted by Crippen LogP contribution is -2.59. The molecule has 3 rings (SSSR count). The van der Waals surface area contributed by atoms with Gasteiger partial charge < -0.3 is 5.32 Å². The van der Waals surface area contributed by atoms with Crippen molar-refractivity contribution in [2.45, 2.75) is 38.4 Å². The summed E-state index contributed by atoms with van der Waals surface area (Å²) in [7, 11) is 0. The van der Waals surface area contributed by atoms with Crippen LogP contribution in [0.4, 0.5) is 0 Å². The molecule has 2 heterocycles. The fourth-order valence-electron chi connectivity index (χ4n) is 3.06. The van der Waals surface area contributed by atoms with Gasteiger partial charge in [-0.1, -0.05) is 43.3 Å². The van der Waals surface area contributed by atoms with Crippen LogP contribution in [-0.2, 0) is 6.54 Å². The second-order valence-electron chi connectivity index (χ2n) is 6.15. The Morgan fingerprint density at radius 2 is 2.05 bits per heavy atom. The number of hydrogen-bond donors (Lipinski definition) is 1. The molecule has 0 radical (unpaired) electrons. The number of thiophene rings is 1. The third kappa shape index (κ3) is 3.20. The first kappa shape index (κ1) is 14.8. The number of rotatable bonds is 4. The number of nitrogens with zero attached hydrogens (tertiary/aromatic N) is 1. The number of benzene rings is 1. The molecule has 1 aromatic heterocycles. The maximum atomic E-state index is 3.75. The molecule has 0 saturated carbocycles. The molecule has 0 amide bonds. The first-order valence-corrected chi connectivity index (χ1v) is 8.65. The molecule has 2 aromatic rings. The molecule has 2 unspecified atom stereocenters. The van der Waals surface area contributed by atoms with Gasteiger partial charge >= 0.3 is 0 Å². The van der Waals surface area contributed by atoms with E-state index in [4.69, 9.17) is 0 Å². The highest BCUT2D eigenvalue weighted by Crippen LogP contribution is 2.30. The molecule has 1 aromatic carbocycles. The normalized spacial score (nSPS) is 26.9. The van der Waals surface area contributed by atoms with E-state index in [2.05, 4.69) is 71.9 Å². The third-order valence-corrected chi connectivity index (χ3v) is 5.65. The molecule has 3 heteroatoms. The summed E-state index contributed by atoms with van der Waals surface area (Å²) in [4.78, 5) is 4.12. The number of nitrogens with one attached hydrogen (secondary N) is 1. The van der Waals surface area contributed by atoms with Crippen molar-refractivity contribution in [2.75, 3.05) is 13.1 Å². The smallest absolute Gasteiger partial charge is 0.0450 e. The molecule has 1 N–H and O–H groups in total. The zero-order valence-corrected chi connectivity index (χ0v) is 13.7. The van der Waals surface area contributed by atoms with Crippen LogP contribution >= 0.6 is 11.3 Å². The van der Waals surface area contributed by atoms with Crippen LogP contribution in [0, 0.1) is 0 Å². The highest BCUT2D eigenvalue weighted by molar-refractivity contribution is 7.09. The average molecular weight is 300 g/mol. The minimum Gasteiger partial charge on any atom is -0.307 e. The molecule has 1 aliphatic heterocycles. The van der Waals surface area contributed by atoms with Gasteiger partial charge in [0.15, 0.2) is 0 Å². The van der Waals surface area contributed by atoms with Gasteiger partial charge in [-0.2, -0.15) is 0 Å². The van der Waals surface area contributed by atoms with Gasteiger partial charge in [-0.25, -0.2) is 0 Å². The van der Waals surface area contributed by atoms with Crippen molar-refractivity contribution in [3.63, 3.8) is 0 Å². The summed E-state index contributed by atoms with van der Waals surface area (Å²) in [5.41, 5.74) is 1.64. The molecular weight excluding hydrogens is 276 g/mol. The van der Waals surface area contributed by atoms with Gasteiger partial charge in [0.25, 0.3) is 0 Å². The summed E-state index contributed by atoms with van der Waals surface area (Å²) >= 11 is 1.86. The summed E-state index contributed by atoms with van der Waals surface area (Å²) < 4.78 is 0. The zero-order chi connectivity index (χ0) is 14.7. The van der Waals surface area contributed by atoms with E-state index >= 15 is 0 Å². The minimum absolute atomic E-state index is 0.245. The molecule has 1 aliphatic rings. The first-order valence-electron chi connectivity index (χ1n) is 7.77. The fourth-order valence-corrected chi connectivity index (χ4v) is 3.78. The Balaban J connectivity index is 1.79. The lowest BCUT2D eigenvalue weighted by Gasteiger charge is -2.48. The Labute approximate surface area is 131 Å². The van der Waals surface area contributed by atoms with Gasteiger partial charge in [0.2, 0.25) is 0 Å². The second kappa shape index (κ2) is 6.30. The van der Waals surface area contributed by atoms with Crippen molar-refractivity contribution < 1.29 is 0 Å². The van der Waals surface area contributed by atoms with Gasteiger partial charge in [-0.15, -0.1) is 11.3 Å². The Hall–Kier alpha value is -1.16. The minimum atomic E-state index is 0.245. The van der Waals surface area contributed by atoms with Crippen LogP contribution in [0.2, 0.25) is 0 Å². The van der Waals surface area contributed by atoms with Crippen LogP contribution in [0.3, 0.4) is 0 Å². The van der Waals surface area contributed by atoms with E-state index in [0.29, 0.717) is 6.04 Å². The predicted molar refractivity (Wildman–Crippen MR) is 90.6 cm³/mol. The Morgan fingerprint density at radius 3 is 2.71 bits per heavy atom. The van der Waals surface area contributed by atoms with Crippen molar-refractivity contribution in [3.8, 4) is 0 Å². The van der Waals surface area contributed by atoms with Crippen molar-refractivity contribution in [2.24, 2.45) is 0 Å². The van der Waals surface area contributed by atoms with Crippen LogP contribution in [0.25, 0.3) is 0 Å². The van der Waals surface area contributed by atoms with E-state index < -0.39 is 0 Å². The topological polar surface area (TPSA) is 15.3 Å². The van der Waals surface area contributed by atoms with Crippen LogP contribution in [0.15, 0.2) is 47.8 Å². The van der Waals surface area contributed by atoms with Crippen LogP contribution in [0.5, 0.6) is 0 Å². The largest absolute Gasteiger partial charge is 0.307 e. The molecule has 0 spiro atoms. The van der Waals surface area contributed by atoms with Crippen molar-refractivity contribution in [3.05, 3.63) is 58.3 Å². The molecule has 112 valence electrons. The van der Waals surface area contributed by atoms with E-state index in [-0.39, 0.29) is 5.54 Å². The highest BCUT2D eigenvalue weighted by Gasteiger charge is 2.36. The van der Waals surface area contributed by atoms with Gasteiger partial charge in [-0.05, 0) is 30.4 Å². The second-order valence-corrected chi connectivity index (χ2v) is 7.19. The lowest BCUT2D eigenvalue weighted by atomic mass is 9.90. The van der Waals surface area contributed by atoms with Gasteiger partial charge in [0, 0.05) is 36.1 Å². The molecule has 2 atom stereocenters. The first-order chi connectivity index (χ1) is 10.2.